The van der Waals surface area contributed by atoms with Crippen molar-refractivity contribution in [2.45, 2.75) is 32.7 Å². The highest BCUT2D eigenvalue weighted by atomic mass is 16.1. The summed E-state index contributed by atoms with van der Waals surface area (Å²) in [6, 6.07) is 6.64. The third-order valence-electron chi connectivity index (χ3n) is 2.81. The predicted molar refractivity (Wildman–Crippen MR) is 56.0 cm³/mol. The topological polar surface area (TPSA) is 29.1 Å². The second kappa shape index (κ2) is 3.45. The van der Waals surface area contributed by atoms with E-state index in [0.717, 1.165) is 6.42 Å². The molecular weight excluding hydrogens is 174 g/mol. The summed E-state index contributed by atoms with van der Waals surface area (Å²) in [5.41, 5.74) is 3.80. The van der Waals surface area contributed by atoms with Crippen LogP contribution in [0.1, 0.15) is 35.6 Å². The van der Waals surface area contributed by atoms with Crippen molar-refractivity contribution in [1.82, 2.24) is 5.32 Å². The van der Waals surface area contributed by atoms with Gasteiger partial charge in [-0.3, -0.25) is 4.79 Å². The van der Waals surface area contributed by atoms with Gasteiger partial charge in [-0.15, -0.1) is 0 Å². The first-order chi connectivity index (χ1) is 6.66. The van der Waals surface area contributed by atoms with Gasteiger partial charge in [0.2, 0.25) is 5.91 Å². The van der Waals surface area contributed by atoms with E-state index in [-0.39, 0.29) is 11.9 Å². The molecule has 1 saturated heterocycles. The molecule has 1 N–H and O–H groups in total. The highest BCUT2D eigenvalue weighted by Crippen LogP contribution is 2.26. The first-order valence-corrected chi connectivity index (χ1v) is 5.03. The smallest absolute Gasteiger partial charge is 0.220 e. The maximum atomic E-state index is 11.1. The number of nitrogens with one attached hydrogen (secondary N) is 1. The quantitative estimate of drug-likeness (QED) is 0.721. The fourth-order valence-corrected chi connectivity index (χ4v) is 1.98. The third kappa shape index (κ3) is 1.65. The van der Waals surface area contributed by atoms with Gasteiger partial charge in [-0.2, -0.15) is 0 Å². The molecule has 1 aliphatic heterocycles. The Morgan fingerprint density at radius 3 is 2.79 bits per heavy atom. The first-order valence-electron chi connectivity index (χ1n) is 5.03. The van der Waals surface area contributed by atoms with Crippen LogP contribution in [0.2, 0.25) is 0 Å². The van der Waals surface area contributed by atoms with Gasteiger partial charge >= 0.3 is 0 Å². The molecule has 2 heteroatoms. The summed E-state index contributed by atoms with van der Waals surface area (Å²) in [6.07, 6.45) is 1.60. The van der Waals surface area contributed by atoms with Crippen molar-refractivity contribution < 1.29 is 4.79 Å². The largest absolute Gasteiger partial charge is 0.349 e. The van der Waals surface area contributed by atoms with E-state index >= 15 is 0 Å². The molecule has 1 aromatic carbocycles. The molecule has 0 aliphatic carbocycles. The van der Waals surface area contributed by atoms with Crippen LogP contribution in [0.4, 0.5) is 0 Å². The zero-order chi connectivity index (χ0) is 10.1. The van der Waals surface area contributed by atoms with Gasteiger partial charge in [0.25, 0.3) is 0 Å². The molecule has 0 radical (unpaired) electrons. The number of aryl methyl sites for hydroxylation is 2. The van der Waals surface area contributed by atoms with Crippen molar-refractivity contribution in [3.05, 3.63) is 34.9 Å². The summed E-state index contributed by atoms with van der Waals surface area (Å²) in [7, 11) is 0. The Labute approximate surface area is 84.3 Å². The molecule has 2 nitrogen and oxygen atoms in total. The Morgan fingerprint density at radius 2 is 2.14 bits per heavy atom. The second-order valence-corrected chi connectivity index (χ2v) is 4.02. The molecule has 0 saturated carbocycles. The van der Waals surface area contributed by atoms with E-state index in [9.17, 15) is 4.79 Å². The summed E-state index contributed by atoms with van der Waals surface area (Å²) in [5.74, 6) is 0.177. The first kappa shape index (κ1) is 9.25. The van der Waals surface area contributed by atoms with Gasteiger partial charge < -0.3 is 5.32 Å². The van der Waals surface area contributed by atoms with Gasteiger partial charge in [0.15, 0.2) is 0 Å². The van der Waals surface area contributed by atoms with Crippen molar-refractivity contribution >= 4 is 5.91 Å². The van der Waals surface area contributed by atoms with Crippen molar-refractivity contribution in [1.29, 1.82) is 0 Å². The summed E-state index contributed by atoms with van der Waals surface area (Å²) in [5, 5.41) is 3.00. The fraction of sp³-hybridized carbons (Fsp3) is 0.417. The minimum Gasteiger partial charge on any atom is -0.349 e. The molecule has 1 atom stereocenters. The number of carbonyl (C=O) groups is 1. The standard InChI is InChI=1S/C12H15NO/c1-8-3-4-9(2)10(7-8)11-5-6-12(14)13-11/h3-4,7,11H,5-6H2,1-2H3,(H,13,14). The number of rotatable bonds is 1. The van der Waals surface area contributed by atoms with Crippen LogP contribution >= 0.6 is 0 Å². The van der Waals surface area contributed by atoms with Crippen molar-refractivity contribution in [3.63, 3.8) is 0 Å². The van der Waals surface area contributed by atoms with E-state index in [1.807, 2.05) is 0 Å². The van der Waals surface area contributed by atoms with E-state index in [1.165, 1.54) is 16.7 Å². The predicted octanol–water partition coefficient (Wildman–Crippen LogP) is 2.25. The lowest BCUT2D eigenvalue weighted by Gasteiger charge is -2.14. The maximum Gasteiger partial charge on any atom is 0.220 e. The van der Waals surface area contributed by atoms with Crippen LogP contribution in [0.5, 0.6) is 0 Å². The lowest BCUT2D eigenvalue weighted by molar-refractivity contribution is -0.119. The van der Waals surface area contributed by atoms with Crippen molar-refractivity contribution in [2.24, 2.45) is 0 Å². The van der Waals surface area contributed by atoms with Crippen LogP contribution in [0.15, 0.2) is 18.2 Å². The lowest BCUT2D eigenvalue weighted by atomic mass is 9.98. The molecule has 74 valence electrons. The highest BCUT2D eigenvalue weighted by Gasteiger charge is 2.23. The van der Waals surface area contributed by atoms with Gasteiger partial charge in [0.05, 0.1) is 6.04 Å². The molecule has 14 heavy (non-hydrogen) atoms. The van der Waals surface area contributed by atoms with Gasteiger partial charge in [-0.1, -0.05) is 23.8 Å². The number of carbonyl (C=O) groups excluding carboxylic acids is 1. The number of benzene rings is 1. The van der Waals surface area contributed by atoms with E-state index < -0.39 is 0 Å². The molecular formula is C12H15NO. The van der Waals surface area contributed by atoms with Crippen LogP contribution in [0.3, 0.4) is 0 Å². The van der Waals surface area contributed by atoms with Crippen LogP contribution in [0, 0.1) is 13.8 Å². The molecule has 1 heterocycles. The molecule has 0 aromatic heterocycles. The van der Waals surface area contributed by atoms with Gasteiger partial charge in [0.1, 0.15) is 0 Å². The van der Waals surface area contributed by atoms with Crippen LogP contribution < -0.4 is 5.32 Å². The average molecular weight is 189 g/mol. The summed E-state index contributed by atoms with van der Waals surface area (Å²) >= 11 is 0. The number of hydrogen-bond acceptors (Lipinski definition) is 1. The zero-order valence-electron chi connectivity index (χ0n) is 8.63. The Balaban J connectivity index is 2.31. The van der Waals surface area contributed by atoms with Gasteiger partial charge in [-0.05, 0) is 31.4 Å². The Kier molecular flexibility index (Phi) is 2.28. The van der Waals surface area contributed by atoms with Crippen LogP contribution in [-0.2, 0) is 4.79 Å². The third-order valence-corrected chi connectivity index (χ3v) is 2.81. The second-order valence-electron chi connectivity index (χ2n) is 4.02. The van der Waals surface area contributed by atoms with E-state index in [2.05, 4.69) is 37.4 Å². The molecule has 1 aliphatic rings. The molecule has 1 amide bonds. The molecule has 1 unspecified atom stereocenters. The van der Waals surface area contributed by atoms with Crippen LogP contribution in [-0.4, -0.2) is 5.91 Å². The maximum absolute atomic E-state index is 11.1. The molecule has 1 fully saturated rings. The molecule has 2 rings (SSSR count). The molecule has 1 aromatic rings. The summed E-state index contributed by atoms with van der Waals surface area (Å²) in [6.45, 7) is 4.18. The highest BCUT2D eigenvalue weighted by molar-refractivity contribution is 5.78. The molecule has 0 spiro atoms. The SMILES string of the molecule is Cc1ccc(C)c(C2CCC(=O)N2)c1. The number of hydrogen-bond donors (Lipinski definition) is 1. The van der Waals surface area contributed by atoms with Crippen molar-refractivity contribution in [3.8, 4) is 0 Å². The number of amides is 1. The average Bonchev–Trinajstić information content (AvgIpc) is 2.56. The monoisotopic (exact) mass is 189 g/mol. The zero-order valence-corrected chi connectivity index (χ0v) is 8.63. The lowest BCUT2D eigenvalue weighted by Crippen LogP contribution is -2.19. The molecule has 0 bridgehead atoms. The fourth-order valence-electron chi connectivity index (χ4n) is 1.98. The van der Waals surface area contributed by atoms with Gasteiger partial charge in [0, 0.05) is 6.42 Å². The van der Waals surface area contributed by atoms with Crippen LogP contribution in [0.25, 0.3) is 0 Å². The summed E-state index contributed by atoms with van der Waals surface area (Å²) < 4.78 is 0. The van der Waals surface area contributed by atoms with E-state index in [1.54, 1.807) is 0 Å². The Hall–Kier alpha value is -1.31. The summed E-state index contributed by atoms with van der Waals surface area (Å²) in [4.78, 5) is 11.1. The Morgan fingerprint density at radius 1 is 1.36 bits per heavy atom. The van der Waals surface area contributed by atoms with Crippen molar-refractivity contribution in [2.75, 3.05) is 0 Å². The minimum absolute atomic E-state index is 0.177. The van der Waals surface area contributed by atoms with E-state index in [4.69, 9.17) is 0 Å². The minimum atomic E-state index is 0.177. The van der Waals surface area contributed by atoms with E-state index in [0.29, 0.717) is 6.42 Å². The normalized spacial score (nSPS) is 21.0. The Bertz CT molecular complexity index is 371. The van der Waals surface area contributed by atoms with Gasteiger partial charge in [-0.25, -0.2) is 0 Å².